The van der Waals surface area contributed by atoms with E-state index in [1.54, 1.807) is 18.2 Å². The maximum absolute atomic E-state index is 9.11. The molecule has 2 heteroatoms. The fourth-order valence-electron chi connectivity index (χ4n) is 5.15. The van der Waals surface area contributed by atoms with Crippen molar-refractivity contribution in [1.29, 1.82) is 0 Å². The molecule has 1 aliphatic carbocycles. The van der Waals surface area contributed by atoms with Crippen molar-refractivity contribution in [2.75, 3.05) is 20.3 Å². The number of unbranched alkanes of at least 4 members (excludes halogenated alkanes) is 6. The third kappa shape index (κ3) is 5.10. The summed E-state index contributed by atoms with van der Waals surface area (Å²) in [7, 11) is 1.79. The zero-order valence-electron chi connectivity index (χ0n) is 18.4. The highest BCUT2D eigenvalue weighted by Crippen LogP contribution is 2.54. The first-order valence-electron chi connectivity index (χ1n) is 11.5. The minimum absolute atomic E-state index is 0.151. The van der Waals surface area contributed by atoms with Gasteiger partial charge in [0.15, 0.2) is 0 Å². The van der Waals surface area contributed by atoms with Gasteiger partial charge in [0.2, 0.25) is 0 Å². The Morgan fingerprint density at radius 2 is 1.41 bits per heavy atom. The minimum Gasteiger partial charge on any atom is -0.396 e. The molecule has 0 saturated heterocycles. The van der Waals surface area contributed by atoms with Crippen LogP contribution in [-0.2, 0) is 10.2 Å². The van der Waals surface area contributed by atoms with Crippen molar-refractivity contribution < 1.29 is 9.84 Å². The summed E-state index contributed by atoms with van der Waals surface area (Å²) < 4.78 is 5.22. The largest absolute Gasteiger partial charge is 0.396 e. The van der Waals surface area contributed by atoms with E-state index >= 15 is 0 Å². The van der Waals surface area contributed by atoms with Gasteiger partial charge in [-0.05, 0) is 54.9 Å². The summed E-state index contributed by atoms with van der Waals surface area (Å²) in [4.78, 5) is 0. The van der Waals surface area contributed by atoms with Crippen LogP contribution in [0.1, 0.15) is 80.9 Å². The van der Waals surface area contributed by atoms with E-state index in [-0.39, 0.29) is 5.41 Å². The molecular formula is C27H38O2. The Morgan fingerprint density at radius 1 is 0.759 bits per heavy atom. The molecule has 29 heavy (non-hydrogen) atoms. The second-order valence-corrected chi connectivity index (χ2v) is 8.72. The lowest BCUT2D eigenvalue weighted by atomic mass is 9.70. The van der Waals surface area contributed by atoms with Crippen molar-refractivity contribution in [2.24, 2.45) is 0 Å². The second kappa shape index (κ2) is 10.9. The van der Waals surface area contributed by atoms with E-state index in [1.807, 2.05) is 0 Å². The molecule has 0 aliphatic heterocycles. The third-order valence-electron chi connectivity index (χ3n) is 6.64. The van der Waals surface area contributed by atoms with Gasteiger partial charge in [-0.2, -0.15) is 0 Å². The molecule has 1 unspecified atom stereocenters. The molecule has 0 fully saturated rings. The summed E-state index contributed by atoms with van der Waals surface area (Å²) in [6.45, 7) is 3.42. The highest BCUT2D eigenvalue weighted by atomic mass is 16.5. The summed E-state index contributed by atoms with van der Waals surface area (Å²) in [6, 6.07) is 16.2. The van der Waals surface area contributed by atoms with E-state index in [2.05, 4.69) is 49.4 Å². The fraction of sp³-hybridized carbons (Fsp3) is 0.556. The van der Waals surface area contributed by atoms with Crippen LogP contribution in [0.25, 0.3) is 11.1 Å². The van der Waals surface area contributed by atoms with E-state index in [0.717, 1.165) is 25.9 Å². The number of hydrogen-bond donors (Lipinski definition) is 1. The Balaban J connectivity index is 1.84. The van der Waals surface area contributed by atoms with Gasteiger partial charge in [0, 0.05) is 25.7 Å². The average molecular weight is 395 g/mol. The van der Waals surface area contributed by atoms with Gasteiger partial charge in [-0.1, -0.05) is 86.6 Å². The molecule has 3 rings (SSSR count). The number of rotatable bonds is 13. The van der Waals surface area contributed by atoms with E-state index in [9.17, 15) is 0 Å². The number of aliphatic hydroxyl groups excluding tert-OH is 1. The van der Waals surface area contributed by atoms with Crippen LogP contribution in [0.2, 0.25) is 0 Å². The van der Waals surface area contributed by atoms with Gasteiger partial charge < -0.3 is 9.84 Å². The van der Waals surface area contributed by atoms with Crippen molar-refractivity contribution in [1.82, 2.24) is 0 Å². The number of fused-ring (bicyclic) bond motifs is 3. The van der Waals surface area contributed by atoms with Gasteiger partial charge in [0.05, 0.1) is 0 Å². The van der Waals surface area contributed by atoms with Crippen molar-refractivity contribution in [3.05, 3.63) is 59.2 Å². The van der Waals surface area contributed by atoms with Crippen molar-refractivity contribution >= 4 is 0 Å². The van der Waals surface area contributed by atoms with E-state index in [4.69, 9.17) is 9.84 Å². The number of aliphatic hydroxyl groups is 1. The lowest BCUT2D eigenvalue weighted by Crippen LogP contribution is -2.25. The number of methoxy groups -OCH3 is 1. The predicted molar refractivity (Wildman–Crippen MR) is 123 cm³/mol. The molecule has 1 aliphatic rings. The molecule has 0 heterocycles. The molecule has 2 aromatic rings. The van der Waals surface area contributed by atoms with Crippen LogP contribution in [0.4, 0.5) is 0 Å². The zero-order chi connectivity index (χ0) is 20.5. The van der Waals surface area contributed by atoms with Crippen LogP contribution in [0, 0.1) is 6.92 Å². The molecule has 0 aromatic heterocycles. The van der Waals surface area contributed by atoms with Crippen LogP contribution in [0.5, 0.6) is 0 Å². The Labute approximate surface area is 177 Å². The van der Waals surface area contributed by atoms with E-state index < -0.39 is 0 Å². The summed E-state index contributed by atoms with van der Waals surface area (Å²) in [6.07, 6.45) is 11.9. The minimum atomic E-state index is 0.151. The lowest BCUT2D eigenvalue weighted by molar-refractivity contribution is 0.191. The van der Waals surface area contributed by atoms with Gasteiger partial charge in [-0.15, -0.1) is 0 Å². The molecule has 0 spiro atoms. The summed E-state index contributed by atoms with van der Waals surface area (Å²) in [5.41, 5.74) is 7.50. The Morgan fingerprint density at radius 3 is 2.14 bits per heavy atom. The highest BCUT2D eigenvalue weighted by Gasteiger charge is 2.41. The smallest absolute Gasteiger partial charge is 0.0462 e. The maximum atomic E-state index is 9.11. The number of ether oxygens (including phenoxy) is 1. The van der Waals surface area contributed by atoms with Crippen LogP contribution in [0.3, 0.4) is 0 Å². The number of aryl methyl sites for hydroxylation is 1. The average Bonchev–Trinajstić information content (AvgIpc) is 3.00. The van der Waals surface area contributed by atoms with Gasteiger partial charge in [-0.3, -0.25) is 0 Å². The SMILES string of the molecule is COCCCCCCC1(CCCCCCO)c2ccccc2-c2ccc(C)cc21. The van der Waals surface area contributed by atoms with Crippen LogP contribution >= 0.6 is 0 Å². The molecule has 1 atom stereocenters. The summed E-state index contributed by atoms with van der Waals surface area (Å²) in [5, 5.41) is 9.11. The van der Waals surface area contributed by atoms with Crippen molar-refractivity contribution in [3.63, 3.8) is 0 Å². The quantitative estimate of drug-likeness (QED) is 0.378. The first-order valence-corrected chi connectivity index (χ1v) is 11.5. The maximum Gasteiger partial charge on any atom is 0.0462 e. The topological polar surface area (TPSA) is 29.5 Å². The van der Waals surface area contributed by atoms with E-state index in [0.29, 0.717) is 6.61 Å². The highest BCUT2D eigenvalue weighted by molar-refractivity contribution is 5.81. The fourth-order valence-corrected chi connectivity index (χ4v) is 5.15. The second-order valence-electron chi connectivity index (χ2n) is 8.72. The zero-order valence-corrected chi connectivity index (χ0v) is 18.4. The van der Waals surface area contributed by atoms with Crippen molar-refractivity contribution in [3.8, 4) is 11.1 Å². The monoisotopic (exact) mass is 394 g/mol. The molecule has 2 aromatic carbocycles. The Kier molecular flexibility index (Phi) is 8.32. The Bertz CT molecular complexity index is 767. The Hall–Kier alpha value is -1.64. The lowest BCUT2D eigenvalue weighted by Gasteiger charge is -2.33. The molecule has 0 bridgehead atoms. The van der Waals surface area contributed by atoms with E-state index in [1.165, 1.54) is 61.6 Å². The first kappa shape index (κ1) is 22.1. The molecular weight excluding hydrogens is 356 g/mol. The number of hydrogen-bond acceptors (Lipinski definition) is 2. The molecule has 1 N–H and O–H groups in total. The molecule has 158 valence electrons. The summed E-state index contributed by atoms with van der Waals surface area (Å²) >= 11 is 0. The van der Waals surface area contributed by atoms with Crippen LogP contribution in [-0.4, -0.2) is 25.4 Å². The molecule has 2 nitrogen and oxygen atoms in total. The third-order valence-corrected chi connectivity index (χ3v) is 6.64. The van der Waals surface area contributed by atoms with Gasteiger partial charge in [0.25, 0.3) is 0 Å². The van der Waals surface area contributed by atoms with Crippen LogP contribution in [0.15, 0.2) is 42.5 Å². The molecule has 0 saturated carbocycles. The van der Waals surface area contributed by atoms with Gasteiger partial charge in [0.1, 0.15) is 0 Å². The predicted octanol–water partition coefficient (Wildman–Crippen LogP) is 6.80. The van der Waals surface area contributed by atoms with Crippen molar-refractivity contribution in [2.45, 2.75) is 76.5 Å². The first-order chi connectivity index (χ1) is 14.2. The molecule has 0 amide bonds. The normalized spacial score (nSPS) is 17.3. The van der Waals surface area contributed by atoms with Gasteiger partial charge in [-0.25, -0.2) is 0 Å². The van der Waals surface area contributed by atoms with Gasteiger partial charge >= 0.3 is 0 Å². The number of benzene rings is 2. The molecule has 0 radical (unpaired) electrons. The van der Waals surface area contributed by atoms with Crippen LogP contribution < -0.4 is 0 Å². The standard InChI is InChI=1S/C27H38O2/c1-22-15-16-24-23-13-7-8-14-25(23)27(26(24)21-22,17-9-3-5-11-19-28)18-10-4-6-12-20-29-2/h7-8,13-16,21,28H,3-6,9-12,17-20H2,1-2H3. The summed E-state index contributed by atoms with van der Waals surface area (Å²) in [5.74, 6) is 0.